The van der Waals surface area contributed by atoms with Gasteiger partial charge in [-0.2, -0.15) is 4.68 Å². The molecule has 3 aromatic rings. The average molecular weight is 446 g/mol. The van der Waals surface area contributed by atoms with Gasteiger partial charge in [0.1, 0.15) is 5.82 Å². The highest BCUT2D eigenvalue weighted by atomic mass is 79.9. The fourth-order valence-electron chi connectivity index (χ4n) is 2.41. The van der Waals surface area contributed by atoms with Crippen LogP contribution in [0.4, 0.5) is 10.1 Å². The Morgan fingerprint density at radius 3 is 2.57 bits per heavy atom. The lowest BCUT2D eigenvalue weighted by atomic mass is 10.2. The smallest absolute Gasteiger partial charge is 0.271 e. The SMILES string of the molecule is Cc1ccc(NC(=O)[C@H](C)Oc2ccc(=O)n(-c3ccc(F)cc3)n2)c(Br)c1. The third kappa shape index (κ3) is 4.64. The first-order chi connectivity index (χ1) is 13.3. The van der Waals surface area contributed by atoms with E-state index in [1.807, 2.05) is 19.1 Å². The molecule has 0 unspecified atom stereocenters. The van der Waals surface area contributed by atoms with E-state index in [9.17, 15) is 14.0 Å². The Kier molecular flexibility index (Phi) is 5.89. The van der Waals surface area contributed by atoms with Crippen molar-refractivity contribution in [3.05, 3.63) is 80.8 Å². The van der Waals surface area contributed by atoms with Crippen molar-refractivity contribution in [1.29, 1.82) is 0 Å². The molecule has 0 fully saturated rings. The molecule has 0 radical (unpaired) electrons. The van der Waals surface area contributed by atoms with Gasteiger partial charge in [0.15, 0.2) is 6.10 Å². The number of halogens is 2. The summed E-state index contributed by atoms with van der Waals surface area (Å²) in [5.74, 6) is -0.697. The first kappa shape index (κ1) is 19.8. The lowest BCUT2D eigenvalue weighted by Gasteiger charge is -2.15. The number of rotatable bonds is 5. The van der Waals surface area contributed by atoms with E-state index >= 15 is 0 Å². The molecule has 1 aromatic heterocycles. The number of nitrogens with zero attached hydrogens (tertiary/aromatic N) is 2. The Hall–Kier alpha value is -3.00. The van der Waals surface area contributed by atoms with Crippen molar-refractivity contribution in [3.63, 3.8) is 0 Å². The van der Waals surface area contributed by atoms with Crippen molar-refractivity contribution in [2.24, 2.45) is 0 Å². The maximum atomic E-state index is 13.1. The number of hydrogen-bond donors (Lipinski definition) is 1. The molecule has 0 aliphatic rings. The van der Waals surface area contributed by atoms with Crippen LogP contribution in [0.3, 0.4) is 0 Å². The Labute approximate surface area is 169 Å². The van der Waals surface area contributed by atoms with Crippen LogP contribution in [0, 0.1) is 12.7 Å². The van der Waals surface area contributed by atoms with Crippen LogP contribution in [0.2, 0.25) is 0 Å². The molecule has 144 valence electrons. The van der Waals surface area contributed by atoms with E-state index in [4.69, 9.17) is 4.74 Å². The predicted octanol–water partition coefficient (Wildman–Crippen LogP) is 3.85. The van der Waals surface area contributed by atoms with Crippen LogP contribution in [0.1, 0.15) is 12.5 Å². The van der Waals surface area contributed by atoms with Gasteiger partial charge in [0.25, 0.3) is 11.5 Å². The molecule has 3 rings (SSSR count). The molecule has 1 amide bonds. The van der Waals surface area contributed by atoms with Gasteiger partial charge in [-0.15, -0.1) is 5.10 Å². The van der Waals surface area contributed by atoms with Crippen molar-refractivity contribution in [3.8, 4) is 11.6 Å². The van der Waals surface area contributed by atoms with Gasteiger partial charge in [0, 0.05) is 16.6 Å². The molecule has 0 aliphatic heterocycles. The molecule has 2 aromatic carbocycles. The minimum atomic E-state index is -0.861. The Balaban J connectivity index is 1.75. The number of amides is 1. The molecule has 0 bridgehead atoms. The minimum Gasteiger partial charge on any atom is -0.463 e. The molecule has 1 N–H and O–H groups in total. The topological polar surface area (TPSA) is 73.2 Å². The van der Waals surface area contributed by atoms with Gasteiger partial charge < -0.3 is 10.1 Å². The van der Waals surface area contributed by atoms with E-state index in [2.05, 4.69) is 26.3 Å². The third-order valence-corrected chi connectivity index (χ3v) is 4.55. The summed E-state index contributed by atoms with van der Waals surface area (Å²) >= 11 is 3.41. The van der Waals surface area contributed by atoms with Crippen molar-refractivity contribution in [1.82, 2.24) is 9.78 Å². The van der Waals surface area contributed by atoms with E-state index in [1.165, 1.54) is 36.4 Å². The van der Waals surface area contributed by atoms with Gasteiger partial charge >= 0.3 is 0 Å². The van der Waals surface area contributed by atoms with Crippen LogP contribution in [-0.2, 0) is 4.79 Å². The molecule has 28 heavy (non-hydrogen) atoms. The molecular formula is C20H17BrFN3O3. The van der Waals surface area contributed by atoms with Gasteiger partial charge in [-0.3, -0.25) is 9.59 Å². The zero-order chi connectivity index (χ0) is 20.3. The monoisotopic (exact) mass is 445 g/mol. The average Bonchev–Trinajstić information content (AvgIpc) is 2.66. The van der Waals surface area contributed by atoms with E-state index in [-0.39, 0.29) is 11.8 Å². The fourth-order valence-corrected chi connectivity index (χ4v) is 3.01. The van der Waals surface area contributed by atoms with E-state index in [0.717, 1.165) is 14.7 Å². The summed E-state index contributed by atoms with van der Waals surface area (Å²) in [6, 6.07) is 13.5. The summed E-state index contributed by atoms with van der Waals surface area (Å²) < 4.78 is 20.5. The Morgan fingerprint density at radius 1 is 1.18 bits per heavy atom. The fraction of sp³-hybridized carbons (Fsp3) is 0.150. The van der Waals surface area contributed by atoms with E-state index in [0.29, 0.717) is 11.4 Å². The number of hydrogen-bond acceptors (Lipinski definition) is 4. The lowest BCUT2D eigenvalue weighted by molar-refractivity contribution is -0.122. The number of anilines is 1. The van der Waals surface area contributed by atoms with E-state index < -0.39 is 17.5 Å². The zero-order valence-electron chi connectivity index (χ0n) is 15.1. The second kappa shape index (κ2) is 8.35. The Bertz CT molecular complexity index is 1070. The van der Waals surface area contributed by atoms with Crippen LogP contribution in [0.15, 0.2) is 63.9 Å². The van der Waals surface area contributed by atoms with Crippen molar-refractivity contribution >= 4 is 27.5 Å². The highest BCUT2D eigenvalue weighted by Crippen LogP contribution is 2.23. The lowest BCUT2D eigenvalue weighted by Crippen LogP contribution is -2.31. The number of carbonyl (C=O) groups is 1. The first-order valence-corrected chi connectivity index (χ1v) is 9.23. The van der Waals surface area contributed by atoms with Gasteiger partial charge in [0.2, 0.25) is 5.88 Å². The summed E-state index contributed by atoms with van der Waals surface area (Å²) in [6.07, 6.45) is -0.861. The molecule has 1 atom stereocenters. The van der Waals surface area contributed by atoms with Gasteiger partial charge in [-0.05, 0) is 71.7 Å². The van der Waals surface area contributed by atoms with Gasteiger partial charge in [-0.25, -0.2) is 4.39 Å². The van der Waals surface area contributed by atoms with Crippen molar-refractivity contribution < 1.29 is 13.9 Å². The summed E-state index contributed by atoms with van der Waals surface area (Å²) in [4.78, 5) is 24.5. The first-order valence-electron chi connectivity index (χ1n) is 8.43. The largest absolute Gasteiger partial charge is 0.463 e. The molecule has 0 spiro atoms. The van der Waals surface area contributed by atoms with Crippen LogP contribution >= 0.6 is 15.9 Å². The highest BCUT2D eigenvalue weighted by molar-refractivity contribution is 9.10. The quantitative estimate of drug-likeness (QED) is 0.647. The number of benzene rings is 2. The van der Waals surface area contributed by atoms with Crippen LogP contribution in [-0.4, -0.2) is 21.8 Å². The third-order valence-electron chi connectivity index (χ3n) is 3.90. The number of nitrogens with one attached hydrogen (secondary N) is 1. The summed E-state index contributed by atoms with van der Waals surface area (Å²) in [6.45, 7) is 3.52. The molecule has 8 heteroatoms. The van der Waals surface area contributed by atoms with Crippen LogP contribution in [0.5, 0.6) is 5.88 Å². The molecule has 0 saturated heterocycles. The van der Waals surface area contributed by atoms with Gasteiger partial charge in [-0.1, -0.05) is 6.07 Å². The van der Waals surface area contributed by atoms with Crippen molar-refractivity contribution in [2.45, 2.75) is 20.0 Å². The number of aromatic nitrogens is 2. The normalized spacial score (nSPS) is 11.7. The predicted molar refractivity (Wildman–Crippen MR) is 107 cm³/mol. The molecule has 6 nitrogen and oxygen atoms in total. The second-order valence-electron chi connectivity index (χ2n) is 6.13. The molecular weight excluding hydrogens is 429 g/mol. The van der Waals surface area contributed by atoms with Crippen LogP contribution in [0.25, 0.3) is 5.69 Å². The molecule has 0 saturated carbocycles. The van der Waals surface area contributed by atoms with Gasteiger partial charge in [0.05, 0.1) is 11.4 Å². The number of aryl methyl sites for hydroxylation is 1. The summed E-state index contributed by atoms with van der Waals surface area (Å²) in [5, 5.41) is 6.87. The van der Waals surface area contributed by atoms with Crippen LogP contribution < -0.4 is 15.6 Å². The maximum Gasteiger partial charge on any atom is 0.271 e. The number of carbonyl (C=O) groups excluding carboxylic acids is 1. The molecule has 0 aliphatic carbocycles. The second-order valence-corrected chi connectivity index (χ2v) is 6.98. The van der Waals surface area contributed by atoms with E-state index in [1.54, 1.807) is 13.0 Å². The van der Waals surface area contributed by atoms with Crippen molar-refractivity contribution in [2.75, 3.05) is 5.32 Å². The number of ether oxygens (including phenoxy) is 1. The summed E-state index contributed by atoms with van der Waals surface area (Å²) in [7, 11) is 0. The standard InChI is InChI=1S/C20H17BrFN3O3/c1-12-3-8-17(16(21)11-12)23-20(27)13(2)28-18-9-10-19(26)25(24-18)15-6-4-14(22)5-7-15/h3-11,13H,1-2H3,(H,23,27)/t13-/m0/s1. The highest BCUT2D eigenvalue weighted by Gasteiger charge is 2.17. The maximum absolute atomic E-state index is 13.1. The Morgan fingerprint density at radius 2 is 1.89 bits per heavy atom. The summed E-state index contributed by atoms with van der Waals surface area (Å²) in [5.41, 5.74) is 1.66. The zero-order valence-corrected chi connectivity index (χ0v) is 16.7. The minimum absolute atomic E-state index is 0.0922. The molecule has 1 heterocycles.